The minimum Gasteiger partial charge on any atom is -0.408 e. The van der Waals surface area contributed by atoms with Crippen LogP contribution in [-0.4, -0.2) is 58.4 Å². The molecule has 140 valence electrons. The molecule has 1 aromatic heterocycles. The van der Waals surface area contributed by atoms with Crippen LogP contribution < -0.4 is 11.1 Å². The highest BCUT2D eigenvalue weighted by atomic mass is 16.4. The number of hydrogen-bond donors (Lipinski definition) is 2. The van der Waals surface area contributed by atoms with Crippen LogP contribution >= 0.6 is 0 Å². The van der Waals surface area contributed by atoms with E-state index in [1.165, 1.54) is 0 Å². The lowest BCUT2D eigenvalue weighted by molar-refractivity contribution is -0.131. The number of aromatic amines is 1. The molecule has 0 spiro atoms. The summed E-state index contributed by atoms with van der Waals surface area (Å²) in [5.41, 5.74) is 1.60. The predicted molar refractivity (Wildman–Crippen MR) is 97.0 cm³/mol. The molecule has 0 bridgehead atoms. The van der Waals surface area contributed by atoms with Gasteiger partial charge in [-0.2, -0.15) is 0 Å². The summed E-state index contributed by atoms with van der Waals surface area (Å²) in [6.07, 6.45) is 0.247. The molecule has 2 N–H and O–H groups in total. The summed E-state index contributed by atoms with van der Waals surface area (Å²) in [5.74, 6) is -0.501. The summed E-state index contributed by atoms with van der Waals surface area (Å²) in [4.78, 5) is 42.0. The Labute approximate surface area is 151 Å². The van der Waals surface area contributed by atoms with Gasteiger partial charge in [0.15, 0.2) is 5.58 Å². The minimum atomic E-state index is -0.506. The van der Waals surface area contributed by atoms with Crippen molar-refractivity contribution in [3.05, 3.63) is 34.3 Å². The monoisotopic (exact) mass is 360 g/mol. The number of benzene rings is 1. The lowest BCUT2D eigenvalue weighted by atomic mass is 10.1. The van der Waals surface area contributed by atoms with Gasteiger partial charge in [0.25, 0.3) is 0 Å². The van der Waals surface area contributed by atoms with Gasteiger partial charge in [-0.15, -0.1) is 0 Å². The molecular weight excluding hydrogens is 336 g/mol. The normalized spacial score (nSPS) is 15.3. The molecule has 0 atom stereocenters. The number of carbonyl (C=O) groups excluding carboxylic acids is 2. The van der Waals surface area contributed by atoms with Gasteiger partial charge in [0.05, 0.1) is 11.9 Å². The molecule has 1 aromatic carbocycles. The molecule has 26 heavy (non-hydrogen) atoms. The molecule has 1 aliphatic heterocycles. The van der Waals surface area contributed by atoms with Gasteiger partial charge in [-0.3, -0.25) is 9.78 Å². The molecule has 1 saturated heterocycles. The van der Waals surface area contributed by atoms with Crippen molar-refractivity contribution >= 4 is 23.0 Å². The average Bonchev–Trinajstić information content (AvgIpc) is 2.92. The summed E-state index contributed by atoms with van der Waals surface area (Å²) in [6.45, 7) is 7.88. The molecule has 3 amide bonds. The second-order valence-electron chi connectivity index (χ2n) is 7.57. The van der Waals surface area contributed by atoms with E-state index in [1.807, 2.05) is 20.8 Å². The predicted octanol–water partition coefficient (Wildman–Crippen LogP) is 1.32. The lowest BCUT2D eigenvalue weighted by Gasteiger charge is -2.36. The minimum absolute atomic E-state index is 0.00562. The number of oxazole rings is 1. The summed E-state index contributed by atoms with van der Waals surface area (Å²) in [6, 6.07) is 5.12. The third-order valence-corrected chi connectivity index (χ3v) is 4.24. The highest BCUT2D eigenvalue weighted by Crippen LogP contribution is 2.14. The van der Waals surface area contributed by atoms with E-state index < -0.39 is 5.76 Å². The Hall–Kier alpha value is -2.77. The summed E-state index contributed by atoms with van der Waals surface area (Å²) in [5, 5.41) is 2.94. The SMILES string of the molecule is CC(C)(C)NC(=O)N1CCN(C(=O)Cc2ccc3oc(=O)[nH]c3c2)CC1. The first-order chi connectivity index (χ1) is 12.2. The number of nitrogens with one attached hydrogen (secondary N) is 2. The maximum atomic E-state index is 12.5. The van der Waals surface area contributed by atoms with E-state index in [2.05, 4.69) is 10.3 Å². The first-order valence-electron chi connectivity index (χ1n) is 8.68. The van der Waals surface area contributed by atoms with Crippen LogP contribution in [0.4, 0.5) is 4.79 Å². The van der Waals surface area contributed by atoms with Crippen LogP contribution in [0.2, 0.25) is 0 Å². The maximum Gasteiger partial charge on any atom is 0.417 e. The Morgan fingerprint density at radius 2 is 1.81 bits per heavy atom. The van der Waals surface area contributed by atoms with E-state index in [0.29, 0.717) is 37.3 Å². The Kier molecular flexibility index (Phi) is 4.76. The van der Waals surface area contributed by atoms with Gasteiger partial charge in [-0.05, 0) is 38.5 Å². The van der Waals surface area contributed by atoms with Crippen molar-refractivity contribution in [3.8, 4) is 0 Å². The van der Waals surface area contributed by atoms with E-state index in [0.717, 1.165) is 5.56 Å². The lowest BCUT2D eigenvalue weighted by Crippen LogP contribution is -2.56. The molecule has 2 heterocycles. The van der Waals surface area contributed by atoms with Crippen LogP contribution in [0.25, 0.3) is 11.1 Å². The maximum absolute atomic E-state index is 12.5. The van der Waals surface area contributed by atoms with Crippen molar-refractivity contribution in [2.24, 2.45) is 0 Å². The number of hydrogen-bond acceptors (Lipinski definition) is 4. The number of piperazine rings is 1. The first kappa shape index (κ1) is 18.0. The zero-order chi connectivity index (χ0) is 18.9. The summed E-state index contributed by atoms with van der Waals surface area (Å²) in [7, 11) is 0. The molecule has 0 unspecified atom stereocenters. The van der Waals surface area contributed by atoms with Gasteiger partial charge in [-0.25, -0.2) is 9.59 Å². The Balaban J connectivity index is 1.56. The van der Waals surface area contributed by atoms with E-state index in [1.54, 1.807) is 28.0 Å². The largest absolute Gasteiger partial charge is 0.417 e. The van der Waals surface area contributed by atoms with E-state index in [4.69, 9.17) is 4.42 Å². The number of rotatable bonds is 2. The van der Waals surface area contributed by atoms with Gasteiger partial charge >= 0.3 is 11.8 Å². The van der Waals surface area contributed by atoms with E-state index >= 15 is 0 Å². The molecule has 3 rings (SSSR count). The molecule has 8 heteroatoms. The molecule has 2 aromatic rings. The topological polar surface area (TPSA) is 98.7 Å². The third kappa shape index (κ3) is 4.25. The fourth-order valence-electron chi connectivity index (χ4n) is 2.95. The van der Waals surface area contributed by atoms with Crippen molar-refractivity contribution < 1.29 is 14.0 Å². The van der Waals surface area contributed by atoms with Gasteiger partial charge in [0.1, 0.15) is 0 Å². The zero-order valence-electron chi connectivity index (χ0n) is 15.3. The van der Waals surface area contributed by atoms with Crippen molar-refractivity contribution in [3.63, 3.8) is 0 Å². The number of fused-ring (bicyclic) bond motifs is 1. The summed E-state index contributed by atoms with van der Waals surface area (Å²) >= 11 is 0. The van der Waals surface area contributed by atoms with Gasteiger partial charge in [0, 0.05) is 31.7 Å². The van der Waals surface area contributed by atoms with Crippen LogP contribution in [-0.2, 0) is 11.2 Å². The molecule has 1 fully saturated rings. The van der Waals surface area contributed by atoms with Crippen LogP contribution in [0.3, 0.4) is 0 Å². The van der Waals surface area contributed by atoms with Crippen molar-refractivity contribution in [2.75, 3.05) is 26.2 Å². The van der Waals surface area contributed by atoms with Gasteiger partial charge in [0.2, 0.25) is 5.91 Å². The quantitative estimate of drug-likeness (QED) is 0.844. The highest BCUT2D eigenvalue weighted by molar-refractivity contribution is 5.81. The molecule has 0 radical (unpaired) electrons. The highest BCUT2D eigenvalue weighted by Gasteiger charge is 2.26. The second kappa shape index (κ2) is 6.86. The molecule has 8 nitrogen and oxygen atoms in total. The van der Waals surface area contributed by atoms with Crippen LogP contribution in [0, 0.1) is 0 Å². The van der Waals surface area contributed by atoms with E-state index in [-0.39, 0.29) is 23.9 Å². The van der Waals surface area contributed by atoms with Crippen LogP contribution in [0.15, 0.2) is 27.4 Å². The Morgan fingerprint density at radius 3 is 2.46 bits per heavy atom. The number of nitrogens with zero attached hydrogens (tertiary/aromatic N) is 2. The standard InChI is InChI=1S/C18H24N4O4/c1-18(2,3)20-16(24)22-8-6-21(7-9-22)15(23)11-12-4-5-14-13(10-12)19-17(25)26-14/h4-5,10H,6-9,11H2,1-3H3,(H,19,25)(H,20,24). The number of urea groups is 1. The Bertz CT molecular complexity index is 869. The second-order valence-corrected chi connectivity index (χ2v) is 7.57. The smallest absolute Gasteiger partial charge is 0.408 e. The molecule has 1 aliphatic rings. The number of amides is 3. The molecule has 0 saturated carbocycles. The van der Waals surface area contributed by atoms with Gasteiger partial charge in [-0.1, -0.05) is 6.07 Å². The molecular formula is C18H24N4O4. The fraction of sp³-hybridized carbons (Fsp3) is 0.500. The van der Waals surface area contributed by atoms with Crippen LogP contribution in [0.1, 0.15) is 26.3 Å². The van der Waals surface area contributed by atoms with Crippen molar-refractivity contribution in [2.45, 2.75) is 32.7 Å². The van der Waals surface area contributed by atoms with Crippen LogP contribution in [0.5, 0.6) is 0 Å². The third-order valence-electron chi connectivity index (χ3n) is 4.24. The van der Waals surface area contributed by atoms with Crippen molar-refractivity contribution in [1.29, 1.82) is 0 Å². The average molecular weight is 360 g/mol. The summed E-state index contributed by atoms with van der Waals surface area (Å²) < 4.78 is 4.96. The van der Waals surface area contributed by atoms with Crippen molar-refractivity contribution in [1.82, 2.24) is 20.1 Å². The zero-order valence-corrected chi connectivity index (χ0v) is 15.3. The first-order valence-corrected chi connectivity index (χ1v) is 8.68. The number of carbonyl (C=O) groups is 2. The Morgan fingerprint density at radius 1 is 1.15 bits per heavy atom. The van der Waals surface area contributed by atoms with E-state index in [9.17, 15) is 14.4 Å². The number of H-pyrrole nitrogens is 1. The fourth-order valence-corrected chi connectivity index (χ4v) is 2.95. The molecule has 0 aliphatic carbocycles. The van der Waals surface area contributed by atoms with Gasteiger partial charge < -0.3 is 19.5 Å². The number of aromatic nitrogens is 1.